The molecule has 26 heavy (non-hydrogen) atoms. The van der Waals surface area contributed by atoms with Crippen LogP contribution in [0.3, 0.4) is 0 Å². The Morgan fingerprint density at radius 3 is 2.19 bits per heavy atom. The second kappa shape index (κ2) is 7.38. The maximum absolute atomic E-state index is 12.4. The number of ether oxygens (including phenoxy) is 1. The summed E-state index contributed by atoms with van der Waals surface area (Å²) < 4.78 is 5.53. The number of nitrogens with zero attached hydrogens (tertiary/aromatic N) is 1. The van der Waals surface area contributed by atoms with Crippen LogP contribution >= 0.6 is 12.4 Å². The number of carbonyl (C=O) groups is 2. The fourth-order valence-electron chi connectivity index (χ4n) is 3.92. The third-order valence-electron chi connectivity index (χ3n) is 5.11. The first kappa shape index (κ1) is 18.3. The van der Waals surface area contributed by atoms with Crippen molar-refractivity contribution in [2.45, 2.75) is 24.8 Å². The predicted molar refractivity (Wildman–Crippen MR) is 99.7 cm³/mol. The van der Waals surface area contributed by atoms with E-state index in [0.717, 1.165) is 11.1 Å². The van der Waals surface area contributed by atoms with Gasteiger partial charge < -0.3 is 9.84 Å². The summed E-state index contributed by atoms with van der Waals surface area (Å²) in [6.45, 7) is 0.656. The zero-order valence-electron chi connectivity index (χ0n) is 14.1. The van der Waals surface area contributed by atoms with Gasteiger partial charge in [-0.05, 0) is 35.1 Å². The van der Waals surface area contributed by atoms with Crippen molar-refractivity contribution < 1.29 is 19.4 Å². The second-order valence-electron chi connectivity index (χ2n) is 6.49. The van der Waals surface area contributed by atoms with E-state index in [9.17, 15) is 14.7 Å². The van der Waals surface area contributed by atoms with Crippen molar-refractivity contribution in [2.75, 3.05) is 13.2 Å². The number of carbonyl (C=O) groups excluding carboxylic acids is 1. The van der Waals surface area contributed by atoms with Crippen LogP contribution in [-0.2, 0) is 9.53 Å². The average Bonchev–Trinajstić information content (AvgIpc) is 3.23. The highest BCUT2D eigenvalue weighted by Crippen LogP contribution is 2.44. The van der Waals surface area contributed by atoms with Gasteiger partial charge in [0.25, 0.3) is 0 Å². The largest absolute Gasteiger partial charge is 0.480 e. The van der Waals surface area contributed by atoms with Gasteiger partial charge in [0, 0.05) is 12.5 Å². The van der Waals surface area contributed by atoms with Crippen molar-refractivity contribution in [2.24, 2.45) is 0 Å². The van der Waals surface area contributed by atoms with Crippen LogP contribution in [0.25, 0.3) is 11.1 Å². The number of rotatable bonds is 3. The normalized spacial score (nSPS) is 18.0. The lowest BCUT2D eigenvalue weighted by Crippen LogP contribution is -2.41. The maximum Gasteiger partial charge on any atom is 0.410 e. The SMILES string of the molecule is Cl.O=C(O)[C@@H]1CCCN1C(=O)OCC1c2ccccc2-c2ccccc21. The van der Waals surface area contributed by atoms with Gasteiger partial charge in [-0.1, -0.05) is 48.5 Å². The highest BCUT2D eigenvalue weighted by molar-refractivity contribution is 5.85. The van der Waals surface area contributed by atoms with Gasteiger partial charge in [-0.3, -0.25) is 4.90 Å². The summed E-state index contributed by atoms with van der Waals surface area (Å²) in [6.07, 6.45) is 0.646. The third kappa shape index (κ3) is 3.03. The van der Waals surface area contributed by atoms with Crippen LogP contribution in [0.5, 0.6) is 0 Å². The lowest BCUT2D eigenvalue weighted by molar-refractivity contribution is -0.141. The molecule has 2 aromatic carbocycles. The minimum absolute atomic E-state index is 0. The summed E-state index contributed by atoms with van der Waals surface area (Å²) in [5, 5.41) is 9.22. The van der Waals surface area contributed by atoms with Gasteiger partial charge in [0.2, 0.25) is 0 Å². The summed E-state index contributed by atoms with van der Waals surface area (Å²) in [5.41, 5.74) is 4.63. The van der Waals surface area contributed by atoms with Crippen molar-refractivity contribution >= 4 is 24.5 Å². The maximum atomic E-state index is 12.4. The molecule has 0 unspecified atom stereocenters. The molecular formula is C20H20ClNO4. The Bertz CT molecular complexity index is 793. The lowest BCUT2D eigenvalue weighted by atomic mass is 9.98. The van der Waals surface area contributed by atoms with E-state index in [2.05, 4.69) is 24.3 Å². The molecule has 0 saturated carbocycles. The number of hydrogen-bond acceptors (Lipinski definition) is 3. The molecule has 2 aliphatic rings. The first-order valence-corrected chi connectivity index (χ1v) is 8.51. The monoisotopic (exact) mass is 373 g/mol. The van der Waals surface area contributed by atoms with Gasteiger partial charge in [-0.25, -0.2) is 9.59 Å². The number of fused-ring (bicyclic) bond motifs is 3. The zero-order chi connectivity index (χ0) is 17.4. The van der Waals surface area contributed by atoms with E-state index in [1.54, 1.807) is 0 Å². The Hall–Kier alpha value is -2.53. The van der Waals surface area contributed by atoms with E-state index < -0.39 is 18.1 Å². The van der Waals surface area contributed by atoms with Crippen LogP contribution in [0, 0.1) is 0 Å². The molecule has 136 valence electrons. The number of aliphatic carboxylic acids is 1. The van der Waals surface area contributed by atoms with Crippen LogP contribution in [0.2, 0.25) is 0 Å². The molecule has 0 aromatic heterocycles. The van der Waals surface area contributed by atoms with Gasteiger partial charge in [0.1, 0.15) is 12.6 Å². The quantitative estimate of drug-likeness (QED) is 0.885. The summed E-state index contributed by atoms with van der Waals surface area (Å²) in [4.78, 5) is 25.0. The minimum Gasteiger partial charge on any atom is -0.480 e. The average molecular weight is 374 g/mol. The molecule has 5 nitrogen and oxygen atoms in total. The van der Waals surface area contributed by atoms with Gasteiger partial charge in [-0.15, -0.1) is 12.4 Å². The van der Waals surface area contributed by atoms with Crippen molar-refractivity contribution in [3.8, 4) is 11.1 Å². The van der Waals surface area contributed by atoms with Crippen molar-refractivity contribution in [1.82, 2.24) is 4.90 Å². The highest BCUT2D eigenvalue weighted by Gasteiger charge is 2.36. The number of amides is 1. The smallest absolute Gasteiger partial charge is 0.410 e. The molecule has 1 amide bonds. The van der Waals surface area contributed by atoms with Crippen molar-refractivity contribution in [3.63, 3.8) is 0 Å². The molecule has 1 N–H and O–H groups in total. The third-order valence-corrected chi connectivity index (χ3v) is 5.11. The molecule has 1 saturated heterocycles. The number of benzene rings is 2. The first-order valence-electron chi connectivity index (χ1n) is 8.51. The fourth-order valence-corrected chi connectivity index (χ4v) is 3.92. The van der Waals surface area contributed by atoms with Crippen molar-refractivity contribution in [3.05, 3.63) is 59.7 Å². The van der Waals surface area contributed by atoms with E-state index >= 15 is 0 Å². The van der Waals surface area contributed by atoms with Crippen LogP contribution in [0.1, 0.15) is 29.9 Å². The molecule has 0 spiro atoms. The summed E-state index contributed by atoms with van der Waals surface area (Å²) >= 11 is 0. The standard InChI is InChI=1S/C20H19NO4.ClH/c22-19(23)18-10-5-11-21(18)20(24)25-12-17-15-8-3-1-6-13(15)14-7-2-4-9-16(14)17;/h1-4,6-9,17-18H,5,10-12H2,(H,22,23);1H/t18-;/m0./s1. The van der Waals surface area contributed by atoms with Crippen LogP contribution in [0.15, 0.2) is 48.5 Å². The van der Waals surface area contributed by atoms with Gasteiger partial charge in [-0.2, -0.15) is 0 Å². The molecule has 0 radical (unpaired) electrons. The van der Waals surface area contributed by atoms with Gasteiger partial charge in [0.15, 0.2) is 0 Å². The van der Waals surface area contributed by atoms with E-state index in [1.165, 1.54) is 16.0 Å². The molecule has 6 heteroatoms. The summed E-state index contributed by atoms with van der Waals surface area (Å²) in [5.74, 6) is -0.978. The first-order chi connectivity index (χ1) is 12.2. The van der Waals surface area contributed by atoms with E-state index in [4.69, 9.17) is 4.74 Å². The van der Waals surface area contributed by atoms with E-state index in [1.807, 2.05) is 24.3 Å². The fraction of sp³-hybridized carbons (Fsp3) is 0.300. The predicted octanol–water partition coefficient (Wildman–Crippen LogP) is 3.91. The molecule has 1 aliphatic heterocycles. The zero-order valence-corrected chi connectivity index (χ0v) is 14.9. The van der Waals surface area contributed by atoms with Crippen LogP contribution in [0.4, 0.5) is 4.79 Å². The lowest BCUT2D eigenvalue weighted by Gasteiger charge is -2.22. The number of carboxylic acid groups (broad SMARTS) is 1. The summed E-state index contributed by atoms with van der Waals surface area (Å²) in [6, 6.07) is 15.5. The Morgan fingerprint density at radius 2 is 1.62 bits per heavy atom. The minimum atomic E-state index is -0.967. The number of halogens is 1. The van der Waals surface area contributed by atoms with Gasteiger partial charge in [0.05, 0.1) is 0 Å². The number of hydrogen-bond donors (Lipinski definition) is 1. The number of likely N-dealkylation sites (tertiary alicyclic amines) is 1. The molecule has 1 fully saturated rings. The molecule has 1 heterocycles. The van der Waals surface area contributed by atoms with Crippen LogP contribution < -0.4 is 0 Å². The Kier molecular flexibility index (Phi) is 5.18. The Balaban J connectivity index is 0.00000196. The van der Waals surface area contributed by atoms with Crippen molar-refractivity contribution in [1.29, 1.82) is 0 Å². The Labute approximate surface area is 158 Å². The van der Waals surface area contributed by atoms with Crippen LogP contribution in [-0.4, -0.2) is 41.3 Å². The second-order valence-corrected chi connectivity index (χ2v) is 6.49. The van der Waals surface area contributed by atoms with Gasteiger partial charge >= 0.3 is 12.1 Å². The van der Waals surface area contributed by atoms with E-state index in [-0.39, 0.29) is 24.9 Å². The Morgan fingerprint density at radius 1 is 1.04 bits per heavy atom. The molecule has 2 aromatic rings. The molecule has 1 aliphatic carbocycles. The number of carboxylic acids is 1. The molecule has 1 atom stereocenters. The topological polar surface area (TPSA) is 66.8 Å². The highest BCUT2D eigenvalue weighted by atomic mass is 35.5. The molecule has 4 rings (SSSR count). The summed E-state index contributed by atoms with van der Waals surface area (Å²) in [7, 11) is 0. The molecule has 0 bridgehead atoms. The molecular weight excluding hydrogens is 354 g/mol. The van der Waals surface area contributed by atoms with E-state index in [0.29, 0.717) is 19.4 Å².